The van der Waals surface area contributed by atoms with Gasteiger partial charge in [0.2, 0.25) is 0 Å². The van der Waals surface area contributed by atoms with Gasteiger partial charge in [0.15, 0.2) is 6.61 Å². The summed E-state index contributed by atoms with van der Waals surface area (Å²) in [5.74, 6) is -1.11. The maximum atomic E-state index is 12.4. The first-order chi connectivity index (χ1) is 11.9. The Morgan fingerprint density at radius 1 is 1.32 bits per heavy atom. The topological polar surface area (TPSA) is 89.8 Å². The average Bonchev–Trinajstić information content (AvgIpc) is 2.61. The van der Waals surface area contributed by atoms with Crippen molar-refractivity contribution >= 4 is 29.2 Å². The number of carbonyl (C=O) groups is 2. The summed E-state index contributed by atoms with van der Waals surface area (Å²) in [6.45, 7) is 2.05. The van der Waals surface area contributed by atoms with E-state index < -0.39 is 17.5 Å². The van der Waals surface area contributed by atoms with Crippen LogP contribution in [0.1, 0.15) is 49.4 Å². The minimum Gasteiger partial charge on any atom is -0.452 e. The number of rotatable bonds is 6. The molecule has 8 heteroatoms. The van der Waals surface area contributed by atoms with Gasteiger partial charge < -0.3 is 9.64 Å². The van der Waals surface area contributed by atoms with Crippen molar-refractivity contribution in [2.75, 3.05) is 13.2 Å². The summed E-state index contributed by atoms with van der Waals surface area (Å²) in [5.41, 5.74) is -0.385. The van der Waals surface area contributed by atoms with Crippen molar-refractivity contribution in [2.24, 2.45) is 0 Å². The first kappa shape index (κ1) is 19.2. The smallest absolute Gasteiger partial charge is 0.340 e. The summed E-state index contributed by atoms with van der Waals surface area (Å²) < 4.78 is 5.04. The van der Waals surface area contributed by atoms with Gasteiger partial charge in [-0.2, -0.15) is 0 Å². The normalized spacial score (nSPS) is 14.8. The predicted molar refractivity (Wildman–Crippen MR) is 92.6 cm³/mol. The van der Waals surface area contributed by atoms with E-state index in [1.165, 1.54) is 18.6 Å². The fraction of sp³-hybridized carbons (Fsp3) is 0.529. The number of esters is 1. The van der Waals surface area contributed by atoms with Gasteiger partial charge in [0, 0.05) is 24.7 Å². The van der Waals surface area contributed by atoms with Crippen molar-refractivity contribution < 1.29 is 19.2 Å². The van der Waals surface area contributed by atoms with Crippen molar-refractivity contribution in [3.63, 3.8) is 0 Å². The number of nitrogens with zero attached hydrogens (tertiary/aromatic N) is 2. The number of nitro groups is 1. The van der Waals surface area contributed by atoms with Crippen molar-refractivity contribution in [2.45, 2.75) is 45.1 Å². The van der Waals surface area contributed by atoms with Crippen LogP contribution in [0.2, 0.25) is 5.02 Å². The van der Waals surface area contributed by atoms with E-state index in [-0.39, 0.29) is 28.2 Å². The molecule has 0 heterocycles. The molecule has 0 radical (unpaired) electrons. The molecule has 0 saturated heterocycles. The van der Waals surface area contributed by atoms with Gasteiger partial charge in [-0.3, -0.25) is 14.9 Å². The van der Waals surface area contributed by atoms with Gasteiger partial charge in [0.1, 0.15) is 0 Å². The summed E-state index contributed by atoms with van der Waals surface area (Å²) in [6, 6.07) is 3.70. The number of nitro benzene ring substituents is 1. The van der Waals surface area contributed by atoms with E-state index in [0.717, 1.165) is 31.7 Å². The molecule has 0 aliphatic heterocycles. The van der Waals surface area contributed by atoms with Crippen LogP contribution in [0.15, 0.2) is 18.2 Å². The maximum Gasteiger partial charge on any atom is 0.340 e. The van der Waals surface area contributed by atoms with Crippen molar-refractivity contribution in [3.8, 4) is 0 Å². The highest BCUT2D eigenvalue weighted by Gasteiger charge is 2.25. The van der Waals surface area contributed by atoms with Crippen molar-refractivity contribution in [1.29, 1.82) is 0 Å². The monoisotopic (exact) mass is 368 g/mol. The molecule has 0 bridgehead atoms. The van der Waals surface area contributed by atoms with Crippen LogP contribution in [0.5, 0.6) is 0 Å². The van der Waals surface area contributed by atoms with Crippen molar-refractivity contribution in [3.05, 3.63) is 38.9 Å². The Morgan fingerprint density at radius 2 is 2.00 bits per heavy atom. The van der Waals surface area contributed by atoms with Crippen LogP contribution >= 0.6 is 11.6 Å². The zero-order chi connectivity index (χ0) is 18.4. The zero-order valence-electron chi connectivity index (χ0n) is 14.1. The number of halogens is 1. The average molecular weight is 369 g/mol. The Hall–Kier alpha value is -2.15. The molecule has 7 nitrogen and oxygen atoms in total. The third-order valence-corrected chi connectivity index (χ3v) is 4.71. The number of carbonyl (C=O) groups excluding carboxylic acids is 2. The molecule has 0 N–H and O–H groups in total. The number of amides is 1. The third kappa shape index (κ3) is 4.92. The molecule has 25 heavy (non-hydrogen) atoms. The summed E-state index contributed by atoms with van der Waals surface area (Å²) in [7, 11) is 0. The highest BCUT2D eigenvalue weighted by atomic mass is 35.5. The largest absolute Gasteiger partial charge is 0.452 e. The number of ether oxygens (including phenoxy) is 1. The van der Waals surface area contributed by atoms with Gasteiger partial charge >= 0.3 is 5.97 Å². The molecule has 2 rings (SSSR count). The van der Waals surface area contributed by atoms with E-state index in [0.29, 0.717) is 6.54 Å². The third-order valence-electron chi connectivity index (χ3n) is 4.38. The highest BCUT2D eigenvalue weighted by Crippen LogP contribution is 2.24. The lowest BCUT2D eigenvalue weighted by atomic mass is 9.94. The second kappa shape index (κ2) is 8.80. The summed E-state index contributed by atoms with van der Waals surface area (Å²) >= 11 is 5.90. The van der Waals surface area contributed by atoms with E-state index in [1.807, 2.05) is 6.92 Å². The quantitative estimate of drug-likeness (QED) is 0.435. The molecule has 1 aromatic rings. The molecule has 1 aromatic carbocycles. The molecular formula is C17H21ClN2O5. The van der Waals surface area contributed by atoms with Crippen LogP contribution in [0, 0.1) is 10.1 Å². The number of likely N-dealkylation sites (N-methyl/N-ethyl adjacent to an activating group) is 1. The summed E-state index contributed by atoms with van der Waals surface area (Å²) in [5, 5.41) is 10.9. The van der Waals surface area contributed by atoms with Gasteiger partial charge in [-0.1, -0.05) is 30.9 Å². The molecule has 1 amide bonds. The lowest BCUT2D eigenvalue weighted by molar-refractivity contribution is -0.384. The van der Waals surface area contributed by atoms with Gasteiger partial charge in [-0.15, -0.1) is 0 Å². The van der Waals surface area contributed by atoms with Gasteiger partial charge in [0.05, 0.1) is 15.5 Å². The first-order valence-electron chi connectivity index (χ1n) is 8.34. The summed E-state index contributed by atoms with van der Waals surface area (Å²) in [4.78, 5) is 36.4. The van der Waals surface area contributed by atoms with E-state index in [1.54, 1.807) is 4.90 Å². The SMILES string of the molecule is CCN(C(=O)COC(=O)c1cc([N+](=O)[O-])ccc1Cl)C1CCCCC1. The molecule has 1 aliphatic rings. The second-order valence-electron chi connectivity index (χ2n) is 5.97. The Balaban J connectivity index is 1.99. The van der Waals surface area contributed by atoms with Gasteiger partial charge in [0.25, 0.3) is 11.6 Å². The van der Waals surface area contributed by atoms with Crippen LogP contribution in [-0.4, -0.2) is 40.9 Å². The molecule has 0 unspecified atom stereocenters. The Kier molecular flexibility index (Phi) is 6.75. The molecule has 0 aromatic heterocycles. The standard InChI is InChI=1S/C17H21ClN2O5/c1-2-19(12-6-4-3-5-7-12)16(21)11-25-17(22)14-10-13(20(23)24)8-9-15(14)18/h8-10,12H,2-7,11H2,1H3. The number of hydrogen-bond donors (Lipinski definition) is 0. The van der Waals surface area contributed by atoms with E-state index >= 15 is 0 Å². The molecule has 1 saturated carbocycles. The number of non-ortho nitro benzene ring substituents is 1. The molecular weight excluding hydrogens is 348 g/mol. The van der Waals surface area contributed by atoms with E-state index in [4.69, 9.17) is 16.3 Å². The molecule has 0 spiro atoms. The minimum atomic E-state index is -0.846. The molecule has 1 fully saturated rings. The van der Waals surface area contributed by atoms with Crippen LogP contribution in [0.4, 0.5) is 5.69 Å². The van der Waals surface area contributed by atoms with Crippen LogP contribution in [-0.2, 0) is 9.53 Å². The van der Waals surface area contributed by atoms with Gasteiger partial charge in [-0.05, 0) is 25.8 Å². The molecule has 136 valence electrons. The second-order valence-corrected chi connectivity index (χ2v) is 6.38. The maximum absolute atomic E-state index is 12.4. The summed E-state index contributed by atoms with van der Waals surface area (Å²) in [6.07, 6.45) is 5.30. The lowest BCUT2D eigenvalue weighted by Crippen LogP contribution is -2.43. The Labute approximate surface area is 151 Å². The Bertz CT molecular complexity index is 658. The van der Waals surface area contributed by atoms with Crippen LogP contribution in [0.25, 0.3) is 0 Å². The number of hydrogen-bond acceptors (Lipinski definition) is 5. The van der Waals surface area contributed by atoms with Crippen LogP contribution in [0.3, 0.4) is 0 Å². The lowest BCUT2D eigenvalue weighted by Gasteiger charge is -2.33. The van der Waals surface area contributed by atoms with E-state index in [2.05, 4.69) is 0 Å². The van der Waals surface area contributed by atoms with E-state index in [9.17, 15) is 19.7 Å². The molecule has 1 aliphatic carbocycles. The molecule has 0 atom stereocenters. The van der Waals surface area contributed by atoms with Gasteiger partial charge in [-0.25, -0.2) is 4.79 Å². The highest BCUT2D eigenvalue weighted by molar-refractivity contribution is 6.33. The van der Waals surface area contributed by atoms with Crippen molar-refractivity contribution in [1.82, 2.24) is 4.90 Å². The number of benzene rings is 1. The fourth-order valence-corrected chi connectivity index (χ4v) is 3.30. The predicted octanol–water partition coefficient (Wildman–Crippen LogP) is 3.59. The zero-order valence-corrected chi connectivity index (χ0v) is 14.8. The minimum absolute atomic E-state index is 0.0441. The fourth-order valence-electron chi connectivity index (χ4n) is 3.10. The Morgan fingerprint density at radius 3 is 2.60 bits per heavy atom. The first-order valence-corrected chi connectivity index (χ1v) is 8.72. The van der Waals surface area contributed by atoms with Crippen LogP contribution < -0.4 is 0 Å².